The Morgan fingerprint density at radius 2 is 2.27 bits per heavy atom. The van der Waals surface area contributed by atoms with Crippen molar-refractivity contribution < 1.29 is 14.7 Å². The summed E-state index contributed by atoms with van der Waals surface area (Å²) in [7, 11) is 0. The van der Waals surface area contributed by atoms with Crippen molar-refractivity contribution in [3.05, 3.63) is 30.4 Å². The highest BCUT2D eigenvalue weighted by molar-refractivity contribution is 5.72. The van der Waals surface area contributed by atoms with E-state index in [1.54, 1.807) is 12.5 Å². The molecule has 1 aromatic rings. The first-order valence-corrected chi connectivity index (χ1v) is 7.89. The van der Waals surface area contributed by atoms with E-state index in [-0.39, 0.29) is 0 Å². The number of nitrogens with two attached hydrogens (primary N) is 1. The number of carboxylic acid groups (broad SMARTS) is 1. The van der Waals surface area contributed by atoms with E-state index in [0.29, 0.717) is 12.8 Å². The van der Waals surface area contributed by atoms with E-state index in [0.717, 1.165) is 19.4 Å². The second-order valence-electron chi connectivity index (χ2n) is 5.45. The van der Waals surface area contributed by atoms with Crippen LogP contribution in [-0.2, 0) is 16.2 Å². The second-order valence-corrected chi connectivity index (χ2v) is 5.45. The van der Waals surface area contributed by atoms with Crippen molar-refractivity contribution in [2.24, 2.45) is 5.90 Å². The van der Waals surface area contributed by atoms with Gasteiger partial charge in [-0.1, -0.05) is 37.8 Å². The maximum Gasteiger partial charge on any atom is 0.334 e. The number of rotatable bonds is 12. The van der Waals surface area contributed by atoms with Crippen molar-refractivity contribution in [2.45, 2.75) is 64.5 Å². The number of aliphatic carboxylic acids is 1. The number of hydrogen-bond donors (Lipinski definition) is 2. The summed E-state index contributed by atoms with van der Waals surface area (Å²) in [4.78, 5) is 19.4. The number of unbranched alkanes of at least 4 members (excludes halogenated alkanes) is 3. The van der Waals surface area contributed by atoms with E-state index in [1.165, 1.54) is 24.8 Å². The van der Waals surface area contributed by atoms with E-state index >= 15 is 0 Å². The van der Waals surface area contributed by atoms with Gasteiger partial charge >= 0.3 is 5.97 Å². The van der Waals surface area contributed by atoms with Gasteiger partial charge in [0.15, 0.2) is 6.10 Å². The predicted octanol–water partition coefficient (Wildman–Crippen LogP) is 2.90. The van der Waals surface area contributed by atoms with Gasteiger partial charge in [0.05, 0.1) is 6.33 Å². The molecule has 0 aliphatic carbocycles. The Bertz CT molecular complexity index is 443. The number of hydrogen-bond acceptors (Lipinski definition) is 4. The van der Waals surface area contributed by atoms with Crippen LogP contribution in [0.3, 0.4) is 0 Å². The molecule has 1 atom stereocenters. The maximum absolute atomic E-state index is 10.9. The fraction of sp³-hybridized carbons (Fsp3) is 0.625. The van der Waals surface area contributed by atoms with E-state index in [1.807, 2.05) is 10.8 Å². The summed E-state index contributed by atoms with van der Waals surface area (Å²) in [5.74, 6) is 3.98. The van der Waals surface area contributed by atoms with Gasteiger partial charge in [-0.2, -0.15) is 0 Å². The molecule has 1 unspecified atom stereocenters. The number of carboxylic acids is 1. The van der Waals surface area contributed by atoms with Gasteiger partial charge in [0.1, 0.15) is 0 Å². The average Bonchev–Trinajstić information content (AvgIpc) is 3.00. The molecule has 0 radical (unpaired) electrons. The molecule has 0 fully saturated rings. The summed E-state index contributed by atoms with van der Waals surface area (Å²) in [6, 6.07) is 0. The van der Waals surface area contributed by atoms with Gasteiger partial charge in [-0.05, 0) is 25.7 Å². The Morgan fingerprint density at radius 3 is 2.86 bits per heavy atom. The molecule has 124 valence electrons. The molecule has 3 N–H and O–H groups in total. The Hall–Kier alpha value is -1.66. The van der Waals surface area contributed by atoms with Crippen molar-refractivity contribution in [3.63, 3.8) is 0 Å². The number of imidazole rings is 1. The molecule has 22 heavy (non-hydrogen) atoms. The van der Waals surface area contributed by atoms with Crippen LogP contribution in [0.15, 0.2) is 30.4 Å². The third-order valence-electron chi connectivity index (χ3n) is 3.60. The lowest BCUT2D eigenvalue weighted by atomic mass is 10.0. The van der Waals surface area contributed by atoms with Crippen molar-refractivity contribution >= 4 is 5.97 Å². The van der Waals surface area contributed by atoms with E-state index in [4.69, 9.17) is 11.0 Å². The van der Waals surface area contributed by atoms with Gasteiger partial charge in [0.25, 0.3) is 0 Å². The molecule has 6 nitrogen and oxygen atoms in total. The molecule has 0 aliphatic heterocycles. The minimum Gasteiger partial charge on any atom is -0.479 e. The number of aromatic nitrogens is 2. The SMILES string of the molecule is CCCCCCC(=CCCC(ON)C(=O)O)Cn1ccnc1. The lowest BCUT2D eigenvalue weighted by Gasteiger charge is -2.11. The molecule has 0 aliphatic rings. The van der Waals surface area contributed by atoms with Gasteiger partial charge in [-0.25, -0.2) is 15.7 Å². The Balaban J connectivity index is 2.51. The molecule has 0 bridgehead atoms. The molecule has 0 spiro atoms. The molecule has 6 heteroatoms. The summed E-state index contributed by atoms with van der Waals surface area (Å²) in [6.45, 7) is 2.99. The highest BCUT2D eigenvalue weighted by Crippen LogP contribution is 2.15. The minimum absolute atomic E-state index is 0.383. The van der Waals surface area contributed by atoms with Crippen molar-refractivity contribution in [1.29, 1.82) is 0 Å². The second kappa shape index (κ2) is 11.0. The van der Waals surface area contributed by atoms with Gasteiger partial charge in [0.2, 0.25) is 0 Å². The van der Waals surface area contributed by atoms with Gasteiger partial charge in [0, 0.05) is 18.9 Å². The summed E-state index contributed by atoms with van der Waals surface area (Å²) in [6.07, 6.45) is 13.6. The Kier molecular flexibility index (Phi) is 9.18. The molecule has 0 aromatic carbocycles. The Labute approximate surface area is 131 Å². The predicted molar refractivity (Wildman–Crippen MR) is 85.0 cm³/mol. The summed E-state index contributed by atoms with van der Waals surface area (Å²) in [5.41, 5.74) is 1.30. The first-order chi connectivity index (χ1) is 10.7. The van der Waals surface area contributed by atoms with E-state index < -0.39 is 12.1 Å². The monoisotopic (exact) mass is 309 g/mol. The standard InChI is InChI=1S/C16H27N3O3/c1-2-3-4-5-7-14(12-19-11-10-18-13-19)8-6-9-15(22-17)16(20)21/h8,10-11,13,15H,2-7,9,12,17H2,1H3,(H,20,21). The molecule has 1 aromatic heterocycles. The molecule has 0 saturated heterocycles. The van der Waals surface area contributed by atoms with Gasteiger partial charge in [-0.3, -0.25) is 4.84 Å². The first-order valence-electron chi connectivity index (χ1n) is 7.89. The van der Waals surface area contributed by atoms with E-state index in [2.05, 4.69) is 22.8 Å². The third kappa shape index (κ3) is 7.38. The lowest BCUT2D eigenvalue weighted by molar-refractivity contribution is -0.151. The van der Waals surface area contributed by atoms with Crippen molar-refractivity contribution in [1.82, 2.24) is 9.55 Å². The van der Waals surface area contributed by atoms with Gasteiger partial charge in [-0.15, -0.1) is 0 Å². The number of allylic oxidation sites excluding steroid dienone is 2. The summed E-state index contributed by atoms with van der Waals surface area (Å²) >= 11 is 0. The quantitative estimate of drug-likeness (QED) is 0.352. The highest BCUT2D eigenvalue weighted by Gasteiger charge is 2.15. The average molecular weight is 309 g/mol. The van der Waals surface area contributed by atoms with Crippen LogP contribution in [0.2, 0.25) is 0 Å². The first kappa shape index (κ1) is 18.4. The normalized spacial score (nSPS) is 13.3. The van der Waals surface area contributed by atoms with Crippen LogP contribution >= 0.6 is 0 Å². The molecule has 0 amide bonds. The van der Waals surface area contributed by atoms with Crippen LogP contribution in [0, 0.1) is 0 Å². The topological polar surface area (TPSA) is 90.4 Å². The largest absolute Gasteiger partial charge is 0.479 e. The fourth-order valence-corrected chi connectivity index (χ4v) is 2.33. The molecular weight excluding hydrogens is 282 g/mol. The van der Waals surface area contributed by atoms with Crippen LogP contribution < -0.4 is 5.90 Å². The molecular formula is C16H27N3O3. The van der Waals surface area contributed by atoms with Crippen LogP contribution in [0.5, 0.6) is 0 Å². The van der Waals surface area contributed by atoms with Crippen LogP contribution in [0.25, 0.3) is 0 Å². The zero-order chi connectivity index (χ0) is 16.2. The number of carbonyl (C=O) groups is 1. The van der Waals surface area contributed by atoms with Crippen LogP contribution in [-0.4, -0.2) is 26.7 Å². The molecule has 1 heterocycles. The Morgan fingerprint density at radius 1 is 1.45 bits per heavy atom. The fourth-order valence-electron chi connectivity index (χ4n) is 2.33. The number of nitrogens with zero attached hydrogens (tertiary/aromatic N) is 2. The zero-order valence-corrected chi connectivity index (χ0v) is 13.3. The van der Waals surface area contributed by atoms with Crippen LogP contribution in [0.4, 0.5) is 0 Å². The zero-order valence-electron chi connectivity index (χ0n) is 13.3. The van der Waals surface area contributed by atoms with Crippen molar-refractivity contribution in [2.75, 3.05) is 0 Å². The smallest absolute Gasteiger partial charge is 0.334 e. The summed E-state index contributed by atoms with van der Waals surface area (Å²) in [5, 5.41) is 8.91. The van der Waals surface area contributed by atoms with Crippen molar-refractivity contribution in [3.8, 4) is 0 Å². The highest BCUT2D eigenvalue weighted by atomic mass is 16.6. The molecule has 0 saturated carbocycles. The molecule has 1 rings (SSSR count). The lowest BCUT2D eigenvalue weighted by Crippen LogP contribution is -2.26. The maximum atomic E-state index is 10.9. The van der Waals surface area contributed by atoms with E-state index in [9.17, 15) is 4.79 Å². The van der Waals surface area contributed by atoms with Crippen LogP contribution in [0.1, 0.15) is 51.9 Å². The third-order valence-corrected chi connectivity index (χ3v) is 3.60. The minimum atomic E-state index is -1.02. The van der Waals surface area contributed by atoms with Gasteiger partial charge < -0.3 is 9.67 Å². The summed E-state index contributed by atoms with van der Waals surface area (Å²) < 4.78 is 2.03.